The second-order valence-electron chi connectivity index (χ2n) is 9.58. The zero-order valence-corrected chi connectivity index (χ0v) is 25.3. The number of thiazole rings is 1. The van der Waals surface area contributed by atoms with Gasteiger partial charge < -0.3 is 9.47 Å². The zero-order valence-electron chi connectivity index (χ0n) is 23.0. The summed E-state index contributed by atoms with van der Waals surface area (Å²) in [6, 6.07) is 19.6. The molecular formula is C32H25Cl2N3O4S. The summed E-state index contributed by atoms with van der Waals surface area (Å²) in [5.74, 6) is -0.232. The molecule has 2 heterocycles. The first-order valence-corrected chi connectivity index (χ1v) is 14.6. The Morgan fingerprint density at radius 3 is 2.48 bits per heavy atom. The maximum Gasteiger partial charge on any atom is 0.338 e. The third kappa shape index (κ3) is 5.77. The van der Waals surface area contributed by atoms with Crippen LogP contribution >= 0.6 is 34.5 Å². The lowest BCUT2D eigenvalue weighted by Crippen LogP contribution is -2.39. The molecule has 0 unspecified atom stereocenters. The van der Waals surface area contributed by atoms with E-state index in [0.29, 0.717) is 37.3 Å². The predicted octanol–water partition coefficient (Wildman–Crippen LogP) is 5.86. The van der Waals surface area contributed by atoms with Crippen molar-refractivity contribution in [2.24, 2.45) is 4.99 Å². The van der Waals surface area contributed by atoms with Crippen molar-refractivity contribution in [1.29, 1.82) is 5.26 Å². The first-order valence-electron chi connectivity index (χ1n) is 13.1. The van der Waals surface area contributed by atoms with Gasteiger partial charge in [0.15, 0.2) is 10.6 Å². The van der Waals surface area contributed by atoms with Crippen molar-refractivity contribution in [3.8, 4) is 11.8 Å². The standard InChI is InChI=1S/C32H25Cl2N3O4S/c1-4-40-31(39)27-19(3)36-32-37(28(27)21-11-9-18(2)10-12-21)30(38)26(42-32)15-20-13-24(33)29(25(34)14-20)41-17-23-8-6-5-7-22(23)16-35/h5-15,28H,4,17H2,1-3H3/b26-15+/t28-/m0/s1. The van der Waals surface area contributed by atoms with E-state index in [2.05, 4.69) is 11.1 Å². The van der Waals surface area contributed by atoms with Gasteiger partial charge in [-0.25, -0.2) is 9.79 Å². The molecule has 1 aromatic heterocycles. The number of fused-ring (bicyclic) bond motifs is 1. The van der Waals surface area contributed by atoms with E-state index in [4.69, 9.17) is 32.7 Å². The highest BCUT2D eigenvalue weighted by molar-refractivity contribution is 7.07. The number of rotatable bonds is 7. The molecular weight excluding hydrogens is 593 g/mol. The molecule has 7 nitrogen and oxygen atoms in total. The van der Waals surface area contributed by atoms with Gasteiger partial charge in [-0.05, 0) is 56.2 Å². The molecule has 3 aromatic carbocycles. The number of nitriles is 1. The molecule has 212 valence electrons. The molecule has 0 bridgehead atoms. The average molecular weight is 619 g/mol. The monoisotopic (exact) mass is 617 g/mol. The molecule has 0 radical (unpaired) electrons. The fraction of sp³-hybridized carbons (Fsp3) is 0.188. The van der Waals surface area contributed by atoms with Crippen LogP contribution < -0.4 is 19.6 Å². The Labute approximate surface area is 256 Å². The van der Waals surface area contributed by atoms with Crippen molar-refractivity contribution in [2.45, 2.75) is 33.4 Å². The van der Waals surface area contributed by atoms with Crippen LogP contribution in [-0.4, -0.2) is 17.1 Å². The van der Waals surface area contributed by atoms with E-state index < -0.39 is 12.0 Å². The molecule has 10 heteroatoms. The molecule has 5 rings (SSSR count). The third-order valence-electron chi connectivity index (χ3n) is 6.74. The summed E-state index contributed by atoms with van der Waals surface area (Å²) in [6.07, 6.45) is 1.69. The molecule has 0 amide bonds. The van der Waals surface area contributed by atoms with E-state index in [-0.39, 0.29) is 34.6 Å². The molecule has 0 saturated heterocycles. The SMILES string of the molecule is CCOC(=O)C1=C(C)N=c2s/c(=C/c3cc(Cl)c(OCc4ccccc4C#N)c(Cl)c3)c(=O)n2[C@H]1c1ccc(C)cc1. The number of carbonyl (C=O) groups excluding carboxylic acids is 1. The van der Waals surface area contributed by atoms with E-state index >= 15 is 0 Å². The topological polar surface area (TPSA) is 93.7 Å². The van der Waals surface area contributed by atoms with Crippen LogP contribution in [0.25, 0.3) is 6.08 Å². The van der Waals surface area contributed by atoms with E-state index in [0.717, 1.165) is 11.1 Å². The first kappa shape index (κ1) is 29.3. The van der Waals surface area contributed by atoms with Crippen molar-refractivity contribution < 1.29 is 14.3 Å². The van der Waals surface area contributed by atoms with Gasteiger partial charge >= 0.3 is 5.97 Å². The minimum atomic E-state index is -0.692. The Morgan fingerprint density at radius 2 is 1.81 bits per heavy atom. The van der Waals surface area contributed by atoms with Crippen molar-refractivity contribution in [3.05, 3.63) is 129 Å². The van der Waals surface area contributed by atoms with Gasteiger partial charge in [-0.3, -0.25) is 9.36 Å². The van der Waals surface area contributed by atoms with Crippen LogP contribution in [-0.2, 0) is 16.1 Å². The minimum absolute atomic E-state index is 0.113. The van der Waals surface area contributed by atoms with Gasteiger partial charge in [0.25, 0.3) is 5.56 Å². The maximum absolute atomic E-state index is 13.8. The first-order chi connectivity index (χ1) is 20.2. The van der Waals surface area contributed by atoms with Crippen LogP contribution in [0, 0.1) is 18.3 Å². The van der Waals surface area contributed by atoms with Crippen molar-refractivity contribution in [2.75, 3.05) is 6.61 Å². The Kier molecular flexibility index (Phi) is 8.64. The number of benzene rings is 3. The van der Waals surface area contributed by atoms with Crippen molar-refractivity contribution in [3.63, 3.8) is 0 Å². The third-order valence-corrected chi connectivity index (χ3v) is 8.28. The summed E-state index contributed by atoms with van der Waals surface area (Å²) in [7, 11) is 0. The van der Waals surface area contributed by atoms with E-state index in [1.807, 2.05) is 37.3 Å². The van der Waals surface area contributed by atoms with Crippen LogP contribution in [0.2, 0.25) is 10.0 Å². The zero-order chi connectivity index (χ0) is 30.0. The molecule has 0 aliphatic carbocycles. The predicted molar refractivity (Wildman–Crippen MR) is 164 cm³/mol. The quantitative estimate of drug-likeness (QED) is 0.242. The number of hydrogen-bond acceptors (Lipinski definition) is 7. The van der Waals surface area contributed by atoms with Crippen molar-refractivity contribution in [1.82, 2.24) is 4.57 Å². The lowest BCUT2D eigenvalue weighted by Gasteiger charge is -2.24. The highest BCUT2D eigenvalue weighted by Gasteiger charge is 2.33. The second kappa shape index (κ2) is 12.4. The van der Waals surface area contributed by atoms with Crippen LogP contribution in [0.1, 0.15) is 47.7 Å². The highest BCUT2D eigenvalue weighted by atomic mass is 35.5. The van der Waals surface area contributed by atoms with Crippen LogP contribution in [0.5, 0.6) is 5.75 Å². The van der Waals surface area contributed by atoms with Crippen LogP contribution in [0.3, 0.4) is 0 Å². The summed E-state index contributed by atoms with van der Waals surface area (Å²) in [6.45, 7) is 5.77. The summed E-state index contributed by atoms with van der Waals surface area (Å²) < 4.78 is 13.2. The summed E-state index contributed by atoms with van der Waals surface area (Å²) in [5, 5.41) is 9.85. The van der Waals surface area contributed by atoms with Gasteiger partial charge in [-0.1, -0.05) is 82.6 Å². The molecule has 0 fully saturated rings. The molecule has 1 atom stereocenters. The van der Waals surface area contributed by atoms with E-state index in [9.17, 15) is 14.9 Å². The number of esters is 1. The van der Waals surface area contributed by atoms with Gasteiger partial charge in [0.1, 0.15) is 6.61 Å². The molecule has 0 spiro atoms. The molecule has 0 saturated carbocycles. The number of aromatic nitrogens is 1. The number of halogens is 2. The van der Waals surface area contributed by atoms with Gasteiger partial charge in [0.05, 0.1) is 50.1 Å². The molecule has 1 aliphatic rings. The average Bonchev–Trinajstić information content (AvgIpc) is 3.26. The number of allylic oxidation sites excluding steroid dienone is 1. The fourth-order valence-electron chi connectivity index (χ4n) is 4.71. The molecule has 42 heavy (non-hydrogen) atoms. The maximum atomic E-state index is 13.8. The Balaban J connectivity index is 1.55. The van der Waals surface area contributed by atoms with Crippen molar-refractivity contribution >= 4 is 46.6 Å². The molecule has 1 aliphatic heterocycles. The number of aryl methyl sites for hydroxylation is 1. The molecule has 0 N–H and O–H groups in total. The summed E-state index contributed by atoms with van der Waals surface area (Å²) >= 11 is 14.3. The van der Waals surface area contributed by atoms with E-state index in [1.165, 1.54) is 15.9 Å². The fourth-order valence-corrected chi connectivity index (χ4v) is 6.37. The Morgan fingerprint density at radius 1 is 1.12 bits per heavy atom. The largest absolute Gasteiger partial charge is 0.486 e. The summed E-state index contributed by atoms with van der Waals surface area (Å²) in [5.41, 5.74) is 4.14. The van der Waals surface area contributed by atoms with Crippen LogP contribution in [0.15, 0.2) is 81.7 Å². The van der Waals surface area contributed by atoms with Gasteiger partial charge in [-0.2, -0.15) is 5.26 Å². The lowest BCUT2D eigenvalue weighted by molar-refractivity contribution is -0.139. The number of ether oxygens (including phenoxy) is 2. The minimum Gasteiger partial charge on any atom is -0.486 e. The molecule has 4 aromatic rings. The summed E-state index contributed by atoms with van der Waals surface area (Å²) in [4.78, 5) is 32.0. The van der Waals surface area contributed by atoms with Crippen LogP contribution in [0.4, 0.5) is 0 Å². The smallest absolute Gasteiger partial charge is 0.338 e. The number of nitrogens with zero attached hydrogens (tertiary/aromatic N) is 3. The van der Waals surface area contributed by atoms with E-state index in [1.54, 1.807) is 50.3 Å². The Bertz CT molecular complexity index is 1930. The highest BCUT2D eigenvalue weighted by Crippen LogP contribution is 2.35. The second-order valence-corrected chi connectivity index (χ2v) is 11.4. The Hall–Kier alpha value is -4.16. The van der Waals surface area contributed by atoms with Gasteiger partial charge in [0.2, 0.25) is 0 Å². The van der Waals surface area contributed by atoms with Gasteiger partial charge in [0, 0.05) is 5.56 Å². The number of carbonyl (C=O) groups is 1. The normalized spacial score (nSPS) is 14.7. The number of hydrogen-bond donors (Lipinski definition) is 0. The van der Waals surface area contributed by atoms with Gasteiger partial charge in [-0.15, -0.1) is 0 Å². The lowest BCUT2D eigenvalue weighted by atomic mass is 9.95.